The van der Waals surface area contributed by atoms with Gasteiger partial charge in [0.2, 0.25) is 0 Å². The van der Waals surface area contributed by atoms with Gasteiger partial charge < -0.3 is 4.74 Å². The van der Waals surface area contributed by atoms with Crippen LogP contribution >= 0.6 is 0 Å². The maximum atomic E-state index is 8.68. The molecule has 1 aromatic rings. The molecule has 4 heteroatoms. The van der Waals surface area contributed by atoms with Gasteiger partial charge in [-0.05, 0) is 18.6 Å². The van der Waals surface area contributed by atoms with Gasteiger partial charge in [0, 0.05) is 12.6 Å². The average Bonchev–Trinajstić information content (AvgIpc) is 2.25. The normalized spacial score (nSPS) is 8.71. The fraction of sp³-hybridized carbons (Fsp3) is 0.300. The van der Waals surface area contributed by atoms with Crippen molar-refractivity contribution >= 4 is 0 Å². The number of ether oxygens (including phenoxy) is 1. The summed E-state index contributed by atoms with van der Waals surface area (Å²) in [6, 6.07) is 7.36. The van der Waals surface area contributed by atoms with Crippen LogP contribution in [0.2, 0.25) is 0 Å². The molecule has 0 saturated carbocycles. The summed E-state index contributed by atoms with van der Waals surface area (Å²) in [5.41, 5.74) is 0.282. The minimum atomic E-state index is 0.282. The van der Waals surface area contributed by atoms with Crippen LogP contribution in [0.15, 0.2) is 18.3 Å². The molecule has 0 aliphatic carbocycles. The van der Waals surface area contributed by atoms with E-state index < -0.39 is 0 Å². The largest absolute Gasteiger partial charge is 0.491 e. The van der Waals surface area contributed by atoms with Crippen molar-refractivity contribution in [2.75, 3.05) is 6.61 Å². The first kappa shape index (κ1) is 10.0. The second-order valence-electron chi connectivity index (χ2n) is 2.57. The van der Waals surface area contributed by atoms with Crippen molar-refractivity contribution in [3.63, 3.8) is 0 Å². The zero-order chi connectivity index (χ0) is 10.2. The number of hydrogen-bond acceptors (Lipinski definition) is 4. The van der Waals surface area contributed by atoms with Gasteiger partial charge >= 0.3 is 0 Å². The summed E-state index contributed by atoms with van der Waals surface area (Å²) in [5.74, 6) is 0.480. The predicted molar refractivity (Wildman–Crippen MR) is 49.3 cm³/mol. The van der Waals surface area contributed by atoms with E-state index in [4.69, 9.17) is 15.3 Å². The Labute approximate surface area is 82.4 Å². The van der Waals surface area contributed by atoms with E-state index >= 15 is 0 Å². The van der Waals surface area contributed by atoms with Crippen LogP contribution in [-0.4, -0.2) is 11.6 Å². The summed E-state index contributed by atoms with van der Waals surface area (Å²) in [6.07, 6.45) is 2.67. The predicted octanol–water partition coefficient (Wildman–Crippen LogP) is 1.64. The van der Waals surface area contributed by atoms with Crippen molar-refractivity contribution in [3.05, 3.63) is 24.0 Å². The number of pyridine rings is 1. The summed E-state index contributed by atoms with van der Waals surface area (Å²) in [4.78, 5) is 3.84. The van der Waals surface area contributed by atoms with E-state index in [1.165, 1.54) is 0 Å². The lowest BCUT2D eigenvalue weighted by molar-refractivity contribution is 0.310. The number of aromatic nitrogens is 1. The third-order valence-corrected chi connectivity index (χ3v) is 1.57. The van der Waals surface area contributed by atoms with Gasteiger partial charge in [0.25, 0.3) is 0 Å². The molecule has 0 radical (unpaired) electrons. The topological polar surface area (TPSA) is 69.7 Å². The van der Waals surface area contributed by atoms with Gasteiger partial charge in [0.05, 0.1) is 12.7 Å². The second-order valence-corrected chi connectivity index (χ2v) is 2.57. The van der Waals surface area contributed by atoms with E-state index in [0.29, 0.717) is 25.2 Å². The van der Waals surface area contributed by atoms with Gasteiger partial charge in [-0.1, -0.05) is 0 Å². The molecular weight excluding hydrogens is 178 g/mol. The quantitative estimate of drug-likeness (QED) is 0.672. The van der Waals surface area contributed by atoms with Gasteiger partial charge in [-0.25, -0.2) is 4.98 Å². The highest BCUT2D eigenvalue weighted by Crippen LogP contribution is 2.13. The first-order valence-electron chi connectivity index (χ1n) is 4.23. The molecule has 0 N–H and O–H groups in total. The van der Waals surface area contributed by atoms with E-state index in [1.807, 2.05) is 12.1 Å². The standard InChI is InChI=1S/C10H9N3O/c11-5-1-2-7-14-10-4-3-6-13-9(10)8-12/h3-4,6H,1-2,7H2. The van der Waals surface area contributed by atoms with E-state index in [-0.39, 0.29) is 5.69 Å². The Morgan fingerprint density at radius 3 is 3.00 bits per heavy atom. The van der Waals surface area contributed by atoms with E-state index in [1.54, 1.807) is 18.3 Å². The zero-order valence-electron chi connectivity index (χ0n) is 7.60. The van der Waals surface area contributed by atoms with Crippen molar-refractivity contribution in [2.24, 2.45) is 0 Å². The third kappa shape index (κ3) is 2.76. The molecule has 0 bridgehead atoms. The van der Waals surface area contributed by atoms with Crippen LogP contribution < -0.4 is 4.74 Å². The average molecular weight is 187 g/mol. The van der Waals surface area contributed by atoms with Crippen molar-refractivity contribution in [1.29, 1.82) is 10.5 Å². The Kier molecular flexibility index (Phi) is 3.97. The lowest BCUT2D eigenvalue weighted by Gasteiger charge is -2.04. The summed E-state index contributed by atoms with van der Waals surface area (Å²) in [6.45, 7) is 0.438. The molecule has 1 rings (SSSR count). The molecule has 0 atom stereocenters. The van der Waals surface area contributed by atoms with Gasteiger partial charge in [0.1, 0.15) is 6.07 Å². The monoisotopic (exact) mass is 187 g/mol. The molecule has 1 heterocycles. The van der Waals surface area contributed by atoms with Gasteiger partial charge in [0.15, 0.2) is 11.4 Å². The molecule has 1 aromatic heterocycles. The van der Waals surface area contributed by atoms with Gasteiger partial charge in [-0.2, -0.15) is 10.5 Å². The number of nitriles is 2. The van der Waals surface area contributed by atoms with Crippen LogP contribution in [-0.2, 0) is 0 Å². The Bertz CT molecular complexity index is 376. The maximum absolute atomic E-state index is 8.68. The molecule has 14 heavy (non-hydrogen) atoms. The molecule has 0 fully saturated rings. The summed E-state index contributed by atoms with van der Waals surface area (Å²) in [5, 5.41) is 17.0. The van der Waals surface area contributed by atoms with Crippen molar-refractivity contribution < 1.29 is 4.74 Å². The Balaban J connectivity index is 2.51. The summed E-state index contributed by atoms with van der Waals surface area (Å²) >= 11 is 0. The van der Waals surface area contributed by atoms with Gasteiger partial charge in [-0.3, -0.25) is 0 Å². The SMILES string of the molecule is N#CCCCOc1cccnc1C#N. The Morgan fingerprint density at radius 2 is 2.29 bits per heavy atom. The molecule has 70 valence electrons. The molecule has 0 aromatic carbocycles. The number of rotatable bonds is 4. The fourth-order valence-corrected chi connectivity index (χ4v) is 0.924. The van der Waals surface area contributed by atoms with Crippen molar-refractivity contribution in [1.82, 2.24) is 4.98 Å². The van der Waals surface area contributed by atoms with Crippen LogP contribution in [0.4, 0.5) is 0 Å². The molecule has 0 aliphatic heterocycles. The van der Waals surface area contributed by atoms with Gasteiger partial charge in [-0.15, -0.1) is 0 Å². The van der Waals surface area contributed by atoms with Crippen molar-refractivity contribution in [3.8, 4) is 17.9 Å². The Hall–Kier alpha value is -2.07. The first-order chi connectivity index (χ1) is 6.88. The molecule has 0 spiro atoms. The lowest BCUT2D eigenvalue weighted by Crippen LogP contribution is -1.99. The third-order valence-electron chi connectivity index (χ3n) is 1.57. The maximum Gasteiger partial charge on any atom is 0.182 e. The molecule has 0 unspecified atom stereocenters. The van der Waals surface area contributed by atoms with Crippen LogP contribution in [0, 0.1) is 22.7 Å². The van der Waals surface area contributed by atoms with E-state index in [9.17, 15) is 0 Å². The second kappa shape index (κ2) is 5.55. The van der Waals surface area contributed by atoms with Crippen LogP contribution in [0.3, 0.4) is 0 Å². The molecular formula is C10H9N3O. The zero-order valence-corrected chi connectivity index (χ0v) is 7.60. The van der Waals surface area contributed by atoms with Crippen LogP contribution in [0.25, 0.3) is 0 Å². The lowest BCUT2D eigenvalue weighted by atomic mass is 10.3. The van der Waals surface area contributed by atoms with Crippen LogP contribution in [0.1, 0.15) is 18.5 Å². The minimum absolute atomic E-state index is 0.282. The number of hydrogen-bond donors (Lipinski definition) is 0. The number of nitrogens with zero attached hydrogens (tertiary/aromatic N) is 3. The van der Waals surface area contributed by atoms with E-state index in [2.05, 4.69) is 4.98 Å². The highest BCUT2D eigenvalue weighted by atomic mass is 16.5. The molecule has 0 amide bonds. The van der Waals surface area contributed by atoms with Crippen molar-refractivity contribution in [2.45, 2.75) is 12.8 Å². The summed E-state index contributed by atoms with van der Waals surface area (Å²) in [7, 11) is 0. The highest BCUT2D eigenvalue weighted by Gasteiger charge is 2.01. The van der Waals surface area contributed by atoms with E-state index in [0.717, 1.165) is 0 Å². The van der Waals surface area contributed by atoms with Crippen LogP contribution in [0.5, 0.6) is 5.75 Å². The Morgan fingerprint density at radius 1 is 1.43 bits per heavy atom. The molecule has 4 nitrogen and oxygen atoms in total. The first-order valence-corrected chi connectivity index (χ1v) is 4.23. The highest BCUT2D eigenvalue weighted by molar-refractivity contribution is 5.36. The molecule has 0 saturated heterocycles. The molecule has 0 aliphatic rings. The smallest absolute Gasteiger partial charge is 0.182 e. The minimum Gasteiger partial charge on any atom is -0.491 e. The fourth-order valence-electron chi connectivity index (χ4n) is 0.924. The summed E-state index contributed by atoms with van der Waals surface area (Å²) < 4.78 is 5.29. The number of unbranched alkanes of at least 4 members (excludes halogenated alkanes) is 1.